The van der Waals surface area contributed by atoms with E-state index in [1.807, 2.05) is 4.90 Å². The number of hydrogen-bond acceptors (Lipinski definition) is 6. The quantitative estimate of drug-likeness (QED) is 0.633. The Bertz CT molecular complexity index is 717. The Balaban J connectivity index is 1.53. The van der Waals surface area contributed by atoms with E-state index in [0.717, 1.165) is 13.0 Å². The lowest BCUT2D eigenvalue weighted by Gasteiger charge is -2.19. The fourth-order valence-electron chi connectivity index (χ4n) is 2.64. The molecule has 128 valence electrons. The molecule has 0 aliphatic carbocycles. The highest BCUT2D eigenvalue weighted by Crippen LogP contribution is 2.20. The van der Waals surface area contributed by atoms with E-state index in [1.165, 1.54) is 6.07 Å². The number of nitrogens with zero attached hydrogens (tertiary/aromatic N) is 5. The lowest BCUT2D eigenvalue weighted by Crippen LogP contribution is -2.44. The summed E-state index contributed by atoms with van der Waals surface area (Å²) < 4.78 is 18.9. The maximum absolute atomic E-state index is 13.8. The number of aryl methyl sites for hydroxylation is 1. The highest BCUT2D eigenvalue weighted by atomic mass is 19.1. The molecule has 8 nitrogen and oxygen atoms in total. The highest BCUT2D eigenvalue weighted by molar-refractivity contribution is 5.80. The van der Waals surface area contributed by atoms with Gasteiger partial charge in [0, 0.05) is 32.4 Å². The maximum atomic E-state index is 13.8. The number of hydrogen-bond donors (Lipinski definition) is 2. The minimum absolute atomic E-state index is 0.155. The van der Waals surface area contributed by atoms with Gasteiger partial charge in [0.1, 0.15) is 0 Å². The van der Waals surface area contributed by atoms with Gasteiger partial charge in [-0.2, -0.15) is 4.98 Å². The first-order chi connectivity index (χ1) is 11.7. The van der Waals surface area contributed by atoms with Crippen molar-refractivity contribution in [3.63, 3.8) is 0 Å². The molecule has 0 saturated carbocycles. The van der Waals surface area contributed by atoms with Crippen LogP contribution in [0.15, 0.2) is 27.8 Å². The molecule has 1 aliphatic rings. The summed E-state index contributed by atoms with van der Waals surface area (Å²) in [4.78, 5) is 14.4. The molecular formula is C15H20FN7O. The van der Waals surface area contributed by atoms with E-state index in [1.54, 1.807) is 26.2 Å². The monoisotopic (exact) mass is 333 g/mol. The van der Waals surface area contributed by atoms with Crippen LogP contribution in [0.25, 0.3) is 0 Å². The molecule has 1 fully saturated rings. The van der Waals surface area contributed by atoms with Crippen molar-refractivity contribution in [1.82, 2.24) is 25.8 Å². The third-order valence-corrected chi connectivity index (χ3v) is 3.77. The van der Waals surface area contributed by atoms with Gasteiger partial charge in [0.2, 0.25) is 5.89 Å². The molecule has 0 radical (unpaired) electrons. The number of anilines is 1. The van der Waals surface area contributed by atoms with E-state index in [2.05, 4.69) is 30.8 Å². The first-order valence-electron chi connectivity index (χ1n) is 7.77. The van der Waals surface area contributed by atoms with Crippen LogP contribution in [0.1, 0.15) is 18.1 Å². The summed E-state index contributed by atoms with van der Waals surface area (Å²) in [5.74, 6) is 1.83. The standard InChI is InChI=1S/C15H20FN7O/c1-10-20-13(24-22-10)8-19-15(17-2)21-11-5-7-23(9-11)14-12(16)4-3-6-18-14/h3-4,6,11H,5,7-9H2,1-2H3,(H2,17,19,21). The number of halogens is 1. The number of aromatic nitrogens is 3. The van der Waals surface area contributed by atoms with Crippen molar-refractivity contribution in [3.8, 4) is 0 Å². The molecule has 2 N–H and O–H groups in total. The Morgan fingerprint density at radius 3 is 3.12 bits per heavy atom. The van der Waals surface area contributed by atoms with Crippen LogP contribution in [0.4, 0.5) is 10.2 Å². The van der Waals surface area contributed by atoms with Gasteiger partial charge in [-0.25, -0.2) is 9.37 Å². The average Bonchev–Trinajstić information content (AvgIpc) is 3.21. The minimum Gasteiger partial charge on any atom is -0.352 e. The number of guanidine groups is 1. The predicted octanol–water partition coefficient (Wildman–Crippen LogP) is 0.856. The van der Waals surface area contributed by atoms with E-state index in [-0.39, 0.29) is 11.9 Å². The first kappa shape index (κ1) is 16.2. The Morgan fingerprint density at radius 2 is 2.42 bits per heavy atom. The minimum atomic E-state index is -0.299. The first-order valence-corrected chi connectivity index (χ1v) is 7.77. The summed E-state index contributed by atoms with van der Waals surface area (Å²) in [6.07, 6.45) is 2.47. The van der Waals surface area contributed by atoms with Crippen molar-refractivity contribution < 1.29 is 8.91 Å². The van der Waals surface area contributed by atoms with Gasteiger partial charge in [0.05, 0.1) is 6.54 Å². The molecular weight excluding hydrogens is 313 g/mol. The molecule has 1 saturated heterocycles. The number of rotatable bonds is 4. The fraction of sp³-hybridized carbons (Fsp3) is 0.467. The highest BCUT2D eigenvalue weighted by Gasteiger charge is 2.25. The van der Waals surface area contributed by atoms with Crippen LogP contribution >= 0.6 is 0 Å². The third-order valence-electron chi connectivity index (χ3n) is 3.77. The number of aliphatic imine (C=N–C) groups is 1. The smallest absolute Gasteiger partial charge is 0.246 e. The lowest BCUT2D eigenvalue weighted by atomic mass is 10.3. The second-order valence-electron chi connectivity index (χ2n) is 5.55. The van der Waals surface area contributed by atoms with Gasteiger partial charge >= 0.3 is 0 Å². The van der Waals surface area contributed by atoms with Crippen LogP contribution in [0.2, 0.25) is 0 Å². The predicted molar refractivity (Wildman–Crippen MR) is 87.2 cm³/mol. The van der Waals surface area contributed by atoms with Crippen LogP contribution in [-0.4, -0.2) is 47.3 Å². The van der Waals surface area contributed by atoms with Crippen molar-refractivity contribution in [2.75, 3.05) is 25.0 Å². The van der Waals surface area contributed by atoms with E-state index in [4.69, 9.17) is 4.52 Å². The largest absolute Gasteiger partial charge is 0.352 e. The third kappa shape index (κ3) is 3.79. The summed E-state index contributed by atoms with van der Waals surface area (Å²) in [6, 6.07) is 3.17. The van der Waals surface area contributed by atoms with Crippen molar-refractivity contribution in [1.29, 1.82) is 0 Å². The SMILES string of the molecule is CN=C(NCc1nc(C)no1)NC1CCN(c2ncccc2F)C1. The van der Waals surface area contributed by atoms with E-state index >= 15 is 0 Å². The Morgan fingerprint density at radius 1 is 1.54 bits per heavy atom. The van der Waals surface area contributed by atoms with Crippen molar-refractivity contribution >= 4 is 11.8 Å². The average molecular weight is 333 g/mol. The normalized spacial score (nSPS) is 18.0. The molecule has 1 aliphatic heterocycles. The lowest BCUT2D eigenvalue weighted by molar-refractivity contribution is 0.371. The molecule has 3 rings (SSSR count). The Labute approximate surface area is 139 Å². The van der Waals surface area contributed by atoms with Crippen LogP contribution in [-0.2, 0) is 6.54 Å². The number of nitrogens with one attached hydrogen (secondary N) is 2. The van der Waals surface area contributed by atoms with E-state index in [0.29, 0.717) is 36.6 Å². The molecule has 3 heterocycles. The van der Waals surface area contributed by atoms with E-state index in [9.17, 15) is 4.39 Å². The van der Waals surface area contributed by atoms with Gasteiger partial charge in [0.25, 0.3) is 0 Å². The second kappa shape index (κ2) is 7.24. The molecule has 0 aromatic carbocycles. The van der Waals surface area contributed by atoms with Crippen molar-refractivity contribution in [2.24, 2.45) is 4.99 Å². The van der Waals surface area contributed by atoms with Crippen LogP contribution < -0.4 is 15.5 Å². The molecule has 0 amide bonds. The summed E-state index contributed by atoms with van der Waals surface area (Å²) >= 11 is 0. The zero-order valence-corrected chi connectivity index (χ0v) is 13.7. The Kier molecular flexibility index (Phi) is 4.88. The summed E-state index contributed by atoms with van der Waals surface area (Å²) in [6.45, 7) is 3.56. The van der Waals surface area contributed by atoms with Gasteiger partial charge in [-0.05, 0) is 25.5 Å². The topological polar surface area (TPSA) is 91.5 Å². The van der Waals surface area contributed by atoms with Crippen LogP contribution in [0, 0.1) is 12.7 Å². The second-order valence-corrected chi connectivity index (χ2v) is 5.55. The number of pyridine rings is 1. The summed E-state index contributed by atoms with van der Waals surface area (Å²) in [7, 11) is 1.69. The van der Waals surface area contributed by atoms with Gasteiger partial charge in [-0.3, -0.25) is 4.99 Å². The Hall–Kier alpha value is -2.71. The van der Waals surface area contributed by atoms with E-state index < -0.39 is 0 Å². The molecule has 2 aromatic rings. The molecule has 0 spiro atoms. The molecule has 2 aromatic heterocycles. The van der Waals surface area contributed by atoms with Gasteiger partial charge in [-0.1, -0.05) is 5.16 Å². The van der Waals surface area contributed by atoms with Gasteiger partial charge < -0.3 is 20.1 Å². The summed E-state index contributed by atoms with van der Waals surface area (Å²) in [5.41, 5.74) is 0. The molecule has 24 heavy (non-hydrogen) atoms. The molecule has 1 unspecified atom stereocenters. The van der Waals surface area contributed by atoms with Crippen LogP contribution in [0.5, 0.6) is 0 Å². The molecule has 9 heteroatoms. The van der Waals surface area contributed by atoms with Gasteiger partial charge in [0.15, 0.2) is 23.4 Å². The van der Waals surface area contributed by atoms with Crippen molar-refractivity contribution in [2.45, 2.75) is 25.9 Å². The zero-order valence-electron chi connectivity index (χ0n) is 13.7. The van der Waals surface area contributed by atoms with Gasteiger partial charge in [-0.15, -0.1) is 0 Å². The molecule has 0 bridgehead atoms. The zero-order chi connectivity index (χ0) is 16.9. The molecule has 1 atom stereocenters. The van der Waals surface area contributed by atoms with Crippen molar-refractivity contribution in [3.05, 3.63) is 35.9 Å². The van der Waals surface area contributed by atoms with Crippen LogP contribution in [0.3, 0.4) is 0 Å². The maximum Gasteiger partial charge on any atom is 0.246 e. The summed E-state index contributed by atoms with van der Waals surface area (Å²) in [5, 5.41) is 10.2. The fourth-order valence-corrected chi connectivity index (χ4v) is 2.64.